The second kappa shape index (κ2) is 18.7. The molecule has 224 valence electrons. The van der Waals surface area contributed by atoms with Gasteiger partial charge in [0, 0.05) is 5.56 Å². The summed E-state index contributed by atoms with van der Waals surface area (Å²) in [6.07, 6.45) is 2.68. The number of hydrogen-bond donors (Lipinski definition) is 1. The molecule has 0 radical (unpaired) electrons. The van der Waals surface area contributed by atoms with Crippen LogP contribution in [0.2, 0.25) is 0 Å². The molecule has 0 spiro atoms. The van der Waals surface area contributed by atoms with Gasteiger partial charge in [-0.25, -0.2) is 13.4 Å². The van der Waals surface area contributed by atoms with Crippen LogP contribution in [0.5, 0.6) is 5.88 Å². The fraction of sp³-hybridized carbons (Fsp3) is 0.0800. The topological polar surface area (TPSA) is 265 Å². The second-order valence-electron chi connectivity index (χ2n) is 8.70. The summed E-state index contributed by atoms with van der Waals surface area (Å²) in [5, 5.41) is 44.1. The van der Waals surface area contributed by atoms with Gasteiger partial charge in [0.15, 0.2) is 0 Å². The quantitative estimate of drug-likeness (QED) is 0.116. The SMILES string of the molecule is O=C([O-])C1=NN(Cc2ccccc2S(=O)(=O)O)C(=O)C1=CC=Cc1c(C(=O)[O-])nn(Cc2ccccc2S(=O)(=O)[O-])c1[O-].[Na+].[Na+].[Na+].[Na+]. The van der Waals surface area contributed by atoms with Crippen LogP contribution < -0.4 is 134 Å². The van der Waals surface area contributed by atoms with Gasteiger partial charge in [0.1, 0.15) is 21.5 Å². The van der Waals surface area contributed by atoms with Gasteiger partial charge in [0.2, 0.25) is 0 Å². The Morgan fingerprint density at radius 3 is 1.89 bits per heavy atom. The molecule has 0 fully saturated rings. The van der Waals surface area contributed by atoms with Crippen molar-refractivity contribution < 1.29 is 174 Å². The molecule has 0 saturated carbocycles. The molecule has 0 saturated heterocycles. The number of aliphatic carboxylic acids is 1. The first-order valence-electron chi connectivity index (χ1n) is 11.7. The molecule has 1 N–H and O–H groups in total. The predicted octanol–water partition coefficient (Wildman–Crippen LogP) is -14.4. The number of aromatic nitrogens is 2. The van der Waals surface area contributed by atoms with E-state index in [0.717, 1.165) is 30.4 Å². The number of carbonyl (C=O) groups is 3. The Bertz CT molecular complexity index is 2000. The zero-order valence-corrected chi connectivity index (χ0v) is 34.9. The van der Waals surface area contributed by atoms with E-state index in [9.17, 15) is 55.6 Å². The smallest absolute Gasteiger partial charge is 0.858 e. The summed E-state index contributed by atoms with van der Waals surface area (Å²) in [4.78, 5) is 35.0. The Kier molecular flexibility index (Phi) is 18.3. The number of benzene rings is 2. The van der Waals surface area contributed by atoms with Crippen molar-refractivity contribution in [2.24, 2.45) is 5.10 Å². The van der Waals surface area contributed by atoms with Crippen molar-refractivity contribution in [2.45, 2.75) is 22.9 Å². The maximum absolute atomic E-state index is 12.9. The minimum atomic E-state index is -4.95. The van der Waals surface area contributed by atoms with E-state index < -0.39 is 89.4 Å². The molecule has 2 heterocycles. The van der Waals surface area contributed by atoms with Crippen LogP contribution in [-0.2, 0) is 42.9 Å². The molecule has 0 atom stereocenters. The van der Waals surface area contributed by atoms with Crippen LogP contribution in [0, 0.1) is 0 Å². The molecule has 0 bridgehead atoms. The number of amides is 1. The van der Waals surface area contributed by atoms with E-state index in [-0.39, 0.29) is 129 Å². The molecule has 1 aliphatic rings. The third-order valence-corrected chi connectivity index (χ3v) is 7.82. The van der Waals surface area contributed by atoms with Crippen LogP contribution in [-0.4, -0.2) is 64.3 Å². The summed E-state index contributed by atoms with van der Waals surface area (Å²) >= 11 is 0. The molecule has 3 aromatic rings. The number of aromatic carboxylic acids is 1. The van der Waals surface area contributed by atoms with Crippen molar-refractivity contribution in [3.63, 3.8) is 0 Å². The number of hydrogen-bond acceptors (Lipinski definition) is 13. The number of allylic oxidation sites excluding steroid dienone is 2. The summed E-state index contributed by atoms with van der Waals surface area (Å²) in [7, 11) is -9.65. The first-order chi connectivity index (χ1) is 20.1. The molecule has 1 amide bonds. The number of rotatable bonds is 10. The van der Waals surface area contributed by atoms with E-state index in [1.165, 1.54) is 36.4 Å². The Hall–Kier alpha value is -1.17. The van der Waals surface area contributed by atoms with Crippen LogP contribution in [0.3, 0.4) is 0 Å². The van der Waals surface area contributed by atoms with Gasteiger partial charge in [-0.1, -0.05) is 48.6 Å². The van der Waals surface area contributed by atoms with Crippen molar-refractivity contribution in [1.29, 1.82) is 0 Å². The average Bonchev–Trinajstić information content (AvgIpc) is 3.40. The molecular formula is C25H16N4Na4O12S2. The van der Waals surface area contributed by atoms with Crippen LogP contribution in [0.1, 0.15) is 27.2 Å². The normalized spacial score (nSPS) is 13.7. The predicted molar refractivity (Wildman–Crippen MR) is 136 cm³/mol. The minimum Gasteiger partial charge on any atom is -0.858 e. The number of carbonyl (C=O) groups excluding carboxylic acids is 3. The molecule has 0 aliphatic carbocycles. The van der Waals surface area contributed by atoms with Crippen molar-refractivity contribution in [1.82, 2.24) is 14.8 Å². The fourth-order valence-corrected chi connectivity index (χ4v) is 5.48. The third kappa shape index (κ3) is 10.9. The Morgan fingerprint density at radius 2 is 1.38 bits per heavy atom. The first kappa shape index (κ1) is 45.8. The van der Waals surface area contributed by atoms with Crippen molar-refractivity contribution in [2.75, 3.05) is 0 Å². The maximum atomic E-state index is 12.9. The third-order valence-electron chi connectivity index (χ3n) is 5.93. The molecule has 1 aliphatic heterocycles. The standard InChI is InChI=1S/C25H20N4O12S2.4Na/c30-22-16(20(24(32)33)26-28(22)12-14-6-1-3-10-18(14)42(36,37)38)8-5-9-17-21(25(34)35)27-29(23(17)31)13-15-7-2-4-11-19(15)43(39,40)41;;;;/h1-11,30H,12-13H2,(H,32,33)(H,34,35)(H,36,37,38)(H,39,40,41);;;;/q;4*+1/p-4. The Morgan fingerprint density at radius 1 is 0.851 bits per heavy atom. The van der Waals surface area contributed by atoms with Crippen LogP contribution in [0.4, 0.5) is 0 Å². The zero-order chi connectivity index (χ0) is 31.7. The van der Waals surface area contributed by atoms with E-state index in [0.29, 0.717) is 9.69 Å². The number of nitrogens with zero attached hydrogens (tertiary/aromatic N) is 4. The average molecular weight is 721 g/mol. The molecule has 1 aromatic heterocycles. The van der Waals surface area contributed by atoms with Crippen LogP contribution in [0.15, 0.2) is 81.1 Å². The summed E-state index contributed by atoms with van der Waals surface area (Å²) < 4.78 is 68.0. The van der Waals surface area contributed by atoms with Gasteiger partial charge in [-0.2, -0.15) is 18.6 Å². The molecule has 22 heteroatoms. The monoisotopic (exact) mass is 720 g/mol. The van der Waals surface area contributed by atoms with Crippen molar-refractivity contribution in [3.8, 4) is 5.88 Å². The molecule has 0 unspecified atom stereocenters. The number of carboxylic acid groups (broad SMARTS) is 2. The largest absolute Gasteiger partial charge is 1.00 e. The minimum absolute atomic E-state index is 0. The van der Waals surface area contributed by atoms with Gasteiger partial charge in [-0.15, -0.1) is 0 Å². The maximum Gasteiger partial charge on any atom is 1.00 e. The zero-order valence-electron chi connectivity index (χ0n) is 25.3. The molecular weight excluding hydrogens is 704 g/mol. The Balaban J connectivity index is 0.00000529. The second-order valence-corrected chi connectivity index (χ2v) is 11.4. The summed E-state index contributed by atoms with van der Waals surface area (Å²) in [5.41, 5.74) is -3.16. The van der Waals surface area contributed by atoms with Gasteiger partial charge < -0.3 is 29.5 Å². The number of carboxylic acids is 2. The summed E-state index contributed by atoms with van der Waals surface area (Å²) in [6, 6.07) is 9.89. The summed E-state index contributed by atoms with van der Waals surface area (Å²) in [5.74, 6) is -5.88. The fourth-order valence-electron chi connectivity index (χ4n) is 4.06. The van der Waals surface area contributed by atoms with Gasteiger partial charge in [0.05, 0.1) is 40.4 Å². The Labute approximate surface area is 356 Å². The van der Waals surface area contributed by atoms with Crippen molar-refractivity contribution >= 4 is 49.9 Å². The van der Waals surface area contributed by atoms with Gasteiger partial charge in [-0.3, -0.25) is 14.0 Å². The van der Waals surface area contributed by atoms with Crippen molar-refractivity contribution in [3.05, 3.63) is 88.6 Å². The van der Waals surface area contributed by atoms with E-state index in [1.54, 1.807) is 0 Å². The molecule has 47 heavy (non-hydrogen) atoms. The van der Waals surface area contributed by atoms with Crippen LogP contribution in [0.25, 0.3) is 6.08 Å². The van der Waals surface area contributed by atoms with Gasteiger partial charge in [-0.05, 0) is 35.2 Å². The number of hydrazone groups is 1. The first-order valence-corrected chi connectivity index (χ1v) is 14.5. The van der Waals surface area contributed by atoms with E-state index in [1.807, 2.05) is 0 Å². The molecule has 4 rings (SSSR count). The summed E-state index contributed by atoms with van der Waals surface area (Å²) in [6.45, 7) is -1.18. The van der Waals surface area contributed by atoms with E-state index >= 15 is 0 Å². The molecule has 2 aromatic carbocycles. The van der Waals surface area contributed by atoms with E-state index in [4.69, 9.17) is 0 Å². The van der Waals surface area contributed by atoms with Gasteiger partial charge >= 0.3 is 118 Å². The van der Waals surface area contributed by atoms with Gasteiger partial charge in [0.25, 0.3) is 16.0 Å². The van der Waals surface area contributed by atoms with E-state index in [2.05, 4.69) is 10.2 Å². The molecule has 16 nitrogen and oxygen atoms in total. The van der Waals surface area contributed by atoms with Crippen LogP contribution >= 0.6 is 0 Å².